The van der Waals surface area contributed by atoms with E-state index in [1.165, 1.54) is 22.3 Å². The van der Waals surface area contributed by atoms with Crippen molar-refractivity contribution in [3.63, 3.8) is 0 Å². The summed E-state index contributed by atoms with van der Waals surface area (Å²) in [5, 5.41) is 0.961. The van der Waals surface area contributed by atoms with E-state index in [4.69, 9.17) is 0 Å². The number of hydrogen-bond donors (Lipinski definition) is 0. The zero-order chi connectivity index (χ0) is 23.8. The van der Waals surface area contributed by atoms with Gasteiger partial charge in [0.1, 0.15) is 0 Å². The average molecular weight is 502 g/mol. The van der Waals surface area contributed by atoms with Crippen molar-refractivity contribution in [1.29, 1.82) is 0 Å². The molecule has 0 amide bonds. The second-order valence-electron chi connectivity index (χ2n) is 11.3. The van der Waals surface area contributed by atoms with Crippen molar-refractivity contribution in [2.45, 2.75) is 59.4 Å². The predicted molar refractivity (Wildman–Crippen MR) is 142 cm³/mol. The molecule has 2 nitrogen and oxygen atoms in total. The van der Waals surface area contributed by atoms with E-state index >= 15 is 0 Å². The van der Waals surface area contributed by atoms with Gasteiger partial charge in [0.15, 0.2) is 0 Å². The third kappa shape index (κ3) is 5.59. The molecule has 1 unspecified atom stereocenters. The zero-order valence-corrected chi connectivity index (χ0v) is 23.8. The third-order valence-electron chi connectivity index (χ3n) is 6.14. The molecule has 1 aliphatic carbocycles. The van der Waals surface area contributed by atoms with E-state index in [2.05, 4.69) is 107 Å². The molecule has 4 rings (SSSR count). The number of fused-ring (bicyclic) bond motifs is 1. The summed E-state index contributed by atoms with van der Waals surface area (Å²) < 4.78 is 16.5. The van der Waals surface area contributed by atoms with E-state index in [9.17, 15) is 4.46 Å². The maximum absolute atomic E-state index is 14.4. The van der Waals surface area contributed by atoms with Crippen LogP contribution in [-0.4, -0.2) is 14.4 Å². The number of benzene rings is 3. The summed E-state index contributed by atoms with van der Waals surface area (Å²) in [5.41, 5.74) is 6.09. The summed E-state index contributed by atoms with van der Waals surface area (Å²) in [6, 6.07) is 27.2. The Bertz CT molecular complexity index is 1190. The van der Waals surface area contributed by atoms with Crippen LogP contribution in [0.5, 0.6) is 0 Å². The molecular weight excluding hydrogens is 466 g/mol. The van der Waals surface area contributed by atoms with E-state index < -0.39 is 8.84 Å². The molecular formula is C30H35NOSiTi. The fraction of sp³-hybridized carbons (Fsp3) is 0.333. The number of anilines is 1. The van der Waals surface area contributed by atoms with Crippen LogP contribution < -0.4 is 9.75 Å². The summed E-state index contributed by atoms with van der Waals surface area (Å²) in [7, 11) is -2.29. The molecule has 174 valence electrons. The standard InChI is InChI=1S/C30H35NOSi.Ti/c1-29(2,3)21-23-20-22-14-10-11-17-25(22)28(23)26-18-12-13-19-27(26)33(32)31(30(4,5)6)24-15-8-7-9-16-24;/h7-20,28H,21H2,1-6H3;. The topological polar surface area (TPSA) is 20.3 Å². The van der Waals surface area contributed by atoms with E-state index in [-0.39, 0.29) is 38.6 Å². The minimum absolute atomic E-state index is 0. The van der Waals surface area contributed by atoms with E-state index in [0.29, 0.717) is 0 Å². The molecule has 4 heteroatoms. The molecule has 0 N–H and O–H groups in total. The first-order valence-electron chi connectivity index (χ1n) is 11.8. The molecule has 3 aromatic rings. The quantitative estimate of drug-likeness (QED) is 0.348. The first-order valence-corrected chi connectivity index (χ1v) is 13.2. The van der Waals surface area contributed by atoms with Crippen LogP contribution in [0.1, 0.15) is 70.6 Å². The van der Waals surface area contributed by atoms with Gasteiger partial charge in [0.25, 0.3) is 0 Å². The van der Waals surface area contributed by atoms with E-state index in [0.717, 1.165) is 17.3 Å². The molecule has 0 saturated heterocycles. The van der Waals surface area contributed by atoms with Crippen LogP contribution in [0.15, 0.2) is 84.4 Å². The largest absolute Gasteiger partial charge is 0.436 e. The van der Waals surface area contributed by atoms with Crippen molar-refractivity contribution in [3.8, 4) is 0 Å². The first kappa shape index (κ1) is 26.5. The SMILES string of the molecule is CC(C)(C)CC1=Cc2ccccc2C1c1ccccc1[Si](=O)N(c1ccccc1)C(C)(C)C.[Ti]. The monoisotopic (exact) mass is 501 g/mol. The third-order valence-corrected chi connectivity index (χ3v) is 8.40. The molecule has 34 heavy (non-hydrogen) atoms. The Kier molecular flexibility index (Phi) is 8.02. The van der Waals surface area contributed by atoms with Crippen molar-refractivity contribution in [2.24, 2.45) is 5.41 Å². The second-order valence-corrected chi connectivity index (χ2v) is 12.8. The summed E-state index contributed by atoms with van der Waals surface area (Å²) in [6.45, 7) is 13.3. The molecule has 1 atom stereocenters. The first-order chi connectivity index (χ1) is 15.6. The van der Waals surface area contributed by atoms with Crippen LogP contribution in [0.2, 0.25) is 0 Å². The van der Waals surface area contributed by atoms with Gasteiger partial charge >= 0.3 is 8.84 Å². The van der Waals surface area contributed by atoms with Gasteiger partial charge in [-0.05, 0) is 61.4 Å². The number of para-hydroxylation sites is 1. The summed E-state index contributed by atoms with van der Waals surface area (Å²) in [4.78, 5) is 0. The van der Waals surface area contributed by atoms with Gasteiger partial charge in [-0.3, -0.25) is 0 Å². The Morgan fingerprint density at radius 1 is 0.765 bits per heavy atom. The predicted octanol–water partition coefficient (Wildman–Crippen LogP) is 7.08. The molecule has 0 bridgehead atoms. The van der Waals surface area contributed by atoms with Crippen molar-refractivity contribution < 1.29 is 26.2 Å². The van der Waals surface area contributed by atoms with Gasteiger partial charge in [-0.1, -0.05) is 99.2 Å². The van der Waals surface area contributed by atoms with Crippen molar-refractivity contribution in [3.05, 3.63) is 101 Å². The number of rotatable bonds is 5. The molecule has 0 fully saturated rings. The molecule has 0 spiro atoms. The molecule has 1 aliphatic rings. The molecule has 0 heterocycles. The smallest absolute Gasteiger partial charge is 0.353 e. The second kappa shape index (κ2) is 10.3. The molecule has 0 aromatic heterocycles. The van der Waals surface area contributed by atoms with Crippen molar-refractivity contribution in [1.82, 2.24) is 0 Å². The van der Waals surface area contributed by atoms with Crippen molar-refractivity contribution in [2.75, 3.05) is 4.57 Å². The van der Waals surface area contributed by atoms with Crippen LogP contribution >= 0.6 is 0 Å². The average Bonchev–Trinajstić information content (AvgIpc) is 3.09. The Labute approximate surface area is 221 Å². The maximum Gasteiger partial charge on any atom is 0.436 e. The molecule has 0 radical (unpaired) electrons. The van der Waals surface area contributed by atoms with Gasteiger partial charge in [0, 0.05) is 44.0 Å². The Morgan fingerprint density at radius 2 is 1.32 bits per heavy atom. The zero-order valence-electron chi connectivity index (χ0n) is 21.2. The number of hydrogen-bond acceptors (Lipinski definition) is 1. The fourth-order valence-corrected chi connectivity index (χ4v) is 6.92. The minimum atomic E-state index is -2.29. The van der Waals surface area contributed by atoms with Gasteiger partial charge in [0.05, 0.1) is 0 Å². The summed E-state index contributed by atoms with van der Waals surface area (Å²) >= 11 is 0. The molecule has 0 aliphatic heterocycles. The van der Waals surface area contributed by atoms with Crippen LogP contribution in [0, 0.1) is 5.41 Å². The van der Waals surface area contributed by atoms with Crippen LogP contribution in [0.4, 0.5) is 5.69 Å². The minimum Gasteiger partial charge on any atom is -0.353 e. The van der Waals surface area contributed by atoms with Gasteiger partial charge in [-0.25, -0.2) is 0 Å². The molecule has 3 aromatic carbocycles. The van der Waals surface area contributed by atoms with Gasteiger partial charge < -0.3 is 9.03 Å². The Balaban J connectivity index is 0.00000324. The van der Waals surface area contributed by atoms with Crippen LogP contribution in [0.25, 0.3) is 6.08 Å². The molecule has 0 saturated carbocycles. The van der Waals surface area contributed by atoms with Crippen LogP contribution in [-0.2, 0) is 26.2 Å². The maximum atomic E-state index is 14.4. The number of allylic oxidation sites excluding steroid dienone is 1. The summed E-state index contributed by atoms with van der Waals surface area (Å²) in [6.07, 6.45) is 3.36. The number of nitrogens with zero attached hydrogens (tertiary/aromatic N) is 1. The van der Waals surface area contributed by atoms with Gasteiger partial charge in [-0.15, -0.1) is 0 Å². The fourth-order valence-electron chi connectivity index (χ4n) is 4.97. The normalized spacial score (nSPS) is 15.2. The Morgan fingerprint density at radius 3 is 1.94 bits per heavy atom. The van der Waals surface area contributed by atoms with Gasteiger partial charge in [-0.2, -0.15) is 0 Å². The summed E-state index contributed by atoms with van der Waals surface area (Å²) in [5.74, 6) is 0.142. The van der Waals surface area contributed by atoms with Crippen molar-refractivity contribution >= 4 is 25.8 Å². The van der Waals surface area contributed by atoms with Gasteiger partial charge in [0.2, 0.25) is 0 Å². The van der Waals surface area contributed by atoms with Crippen LogP contribution in [0.3, 0.4) is 0 Å². The van der Waals surface area contributed by atoms with E-state index in [1.807, 2.05) is 24.3 Å². The Hall–Kier alpha value is -2.07. The van der Waals surface area contributed by atoms with E-state index in [1.54, 1.807) is 0 Å².